The maximum atomic E-state index is 12.7. The third kappa shape index (κ3) is 3.93. The first kappa shape index (κ1) is 17.5. The Hall–Kier alpha value is -0.820. The summed E-state index contributed by atoms with van der Waals surface area (Å²) >= 11 is 11.7. The molecule has 1 aromatic rings. The number of esters is 1. The number of hydrogen-bond donors (Lipinski definition) is 0. The van der Waals surface area contributed by atoms with E-state index in [-0.39, 0.29) is 34.1 Å². The van der Waals surface area contributed by atoms with Crippen LogP contribution in [-0.4, -0.2) is 38.4 Å². The summed E-state index contributed by atoms with van der Waals surface area (Å²) < 4.78 is 31.6. The number of piperidine rings is 1. The number of carbonyl (C=O) groups excluding carboxylic acids is 1. The molecule has 1 aliphatic heterocycles. The van der Waals surface area contributed by atoms with Crippen LogP contribution in [0.4, 0.5) is 0 Å². The largest absolute Gasteiger partial charge is 0.466 e. The van der Waals surface area contributed by atoms with Crippen molar-refractivity contribution in [1.29, 1.82) is 0 Å². The van der Waals surface area contributed by atoms with E-state index in [0.29, 0.717) is 19.4 Å². The van der Waals surface area contributed by atoms with Gasteiger partial charge in [0.25, 0.3) is 0 Å². The summed E-state index contributed by atoms with van der Waals surface area (Å²) in [6.07, 6.45) is 1.23. The molecule has 0 aromatic heterocycles. The van der Waals surface area contributed by atoms with E-state index in [2.05, 4.69) is 0 Å². The number of sulfonamides is 1. The molecule has 5 nitrogen and oxygen atoms in total. The summed E-state index contributed by atoms with van der Waals surface area (Å²) in [6.45, 7) is 2.49. The van der Waals surface area contributed by atoms with Gasteiger partial charge >= 0.3 is 5.97 Å². The molecule has 1 aromatic carbocycles. The first-order chi connectivity index (χ1) is 10.3. The summed E-state index contributed by atoms with van der Waals surface area (Å²) in [5.74, 6) is -0.787. The number of nitrogens with zero attached hydrogens (tertiary/aromatic N) is 1. The Labute approximate surface area is 140 Å². The molecule has 1 heterocycles. The summed E-state index contributed by atoms with van der Waals surface area (Å²) in [4.78, 5) is 11.9. The molecule has 0 radical (unpaired) electrons. The number of ether oxygens (including phenoxy) is 1. The van der Waals surface area contributed by atoms with Gasteiger partial charge in [0.2, 0.25) is 10.0 Å². The van der Waals surface area contributed by atoms with Crippen LogP contribution in [0.15, 0.2) is 23.1 Å². The van der Waals surface area contributed by atoms with E-state index in [1.54, 1.807) is 6.92 Å². The van der Waals surface area contributed by atoms with E-state index in [9.17, 15) is 13.2 Å². The van der Waals surface area contributed by atoms with E-state index in [1.165, 1.54) is 22.5 Å². The second kappa shape index (κ2) is 7.17. The van der Waals surface area contributed by atoms with Crippen LogP contribution in [0.5, 0.6) is 0 Å². The van der Waals surface area contributed by atoms with Gasteiger partial charge in [0.15, 0.2) is 0 Å². The monoisotopic (exact) mass is 365 g/mol. The molecule has 0 amide bonds. The highest BCUT2D eigenvalue weighted by Crippen LogP contribution is 2.28. The molecule has 1 saturated heterocycles. The molecular formula is C14H17Cl2NO4S. The minimum Gasteiger partial charge on any atom is -0.466 e. The van der Waals surface area contributed by atoms with E-state index in [1.807, 2.05) is 0 Å². The normalized spacial score (nSPS) is 19.9. The number of rotatable bonds is 4. The second-order valence-corrected chi connectivity index (χ2v) is 7.87. The Kier molecular flexibility index (Phi) is 5.71. The highest BCUT2D eigenvalue weighted by atomic mass is 35.5. The minimum atomic E-state index is -3.73. The van der Waals surface area contributed by atoms with Gasteiger partial charge in [-0.2, -0.15) is 4.31 Å². The maximum Gasteiger partial charge on any atom is 0.310 e. The Bertz CT molecular complexity index is 643. The number of benzene rings is 1. The predicted molar refractivity (Wildman–Crippen MR) is 84.6 cm³/mol. The average Bonchev–Trinajstić information content (AvgIpc) is 2.46. The van der Waals surface area contributed by atoms with Gasteiger partial charge in [-0.05, 0) is 38.0 Å². The third-order valence-corrected chi connectivity index (χ3v) is 5.76. The van der Waals surface area contributed by atoms with Crippen LogP contribution in [0.25, 0.3) is 0 Å². The van der Waals surface area contributed by atoms with E-state index in [4.69, 9.17) is 27.9 Å². The van der Waals surface area contributed by atoms with Crippen LogP contribution in [0.1, 0.15) is 19.8 Å². The standard InChI is InChI=1S/C14H17Cl2NO4S/c1-2-21-14(18)10-4-3-5-17(9-10)22(19,20)13-7-11(15)6-12(16)8-13/h6-8,10H,2-5,9H2,1H3. The van der Waals surface area contributed by atoms with Crippen LogP contribution >= 0.6 is 23.2 Å². The SMILES string of the molecule is CCOC(=O)C1CCCN(S(=O)(=O)c2cc(Cl)cc(Cl)c2)C1. The summed E-state index contributed by atoms with van der Waals surface area (Å²) in [6, 6.07) is 4.19. The van der Waals surface area contributed by atoms with Crippen molar-refractivity contribution in [3.05, 3.63) is 28.2 Å². The lowest BCUT2D eigenvalue weighted by Crippen LogP contribution is -2.42. The van der Waals surface area contributed by atoms with Gasteiger partial charge in [0, 0.05) is 23.1 Å². The van der Waals surface area contributed by atoms with Gasteiger partial charge in [-0.25, -0.2) is 8.42 Å². The Morgan fingerprint density at radius 2 is 1.95 bits per heavy atom. The van der Waals surface area contributed by atoms with Crippen molar-refractivity contribution in [2.45, 2.75) is 24.7 Å². The summed E-state index contributed by atoms with van der Waals surface area (Å²) in [7, 11) is -3.73. The fourth-order valence-corrected chi connectivity index (χ4v) is 4.69. The van der Waals surface area contributed by atoms with Gasteiger partial charge in [-0.3, -0.25) is 4.79 Å². The van der Waals surface area contributed by atoms with Gasteiger partial charge in [0.1, 0.15) is 0 Å². The van der Waals surface area contributed by atoms with Crippen LogP contribution in [0.3, 0.4) is 0 Å². The molecule has 1 atom stereocenters. The Morgan fingerprint density at radius 1 is 1.32 bits per heavy atom. The highest BCUT2D eigenvalue weighted by molar-refractivity contribution is 7.89. The summed E-state index contributed by atoms with van der Waals surface area (Å²) in [5.41, 5.74) is 0. The second-order valence-electron chi connectivity index (χ2n) is 5.06. The molecule has 8 heteroatoms. The summed E-state index contributed by atoms with van der Waals surface area (Å²) in [5, 5.41) is 0.509. The van der Waals surface area contributed by atoms with Crippen molar-refractivity contribution in [1.82, 2.24) is 4.31 Å². The lowest BCUT2D eigenvalue weighted by atomic mass is 10.0. The predicted octanol–water partition coefficient (Wildman–Crippen LogP) is 2.96. The van der Waals surface area contributed by atoms with Crippen LogP contribution in [0, 0.1) is 5.92 Å². The number of carbonyl (C=O) groups is 1. The highest BCUT2D eigenvalue weighted by Gasteiger charge is 2.34. The van der Waals surface area contributed by atoms with Crippen LogP contribution in [-0.2, 0) is 19.6 Å². The van der Waals surface area contributed by atoms with Crippen LogP contribution in [0.2, 0.25) is 10.0 Å². The zero-order valence-electron chi connectivity index (χ0n) is 12.1. The number of halogens is 2. The Balaban J connectivity index is 2.23. The fourth-order valence-electron chi connectivity index (χ4n) is 2.44. The molecule has 0 bridgehead atoms. The molecule has 0 saturated carbocycles. The lowest BCUT2D eigenvalue weighted by molar-refractivity contribution is -0.149. The third-order valence-electron chi connectivity index (χ3n) is 3.48. The van der Waals surface area contributed by atoms with E-state index in [0.717, 1.165) is 0 Å². The molecule has 0 spiro atoms. The molecule has 1 fully saturated rings. The smallest absolute Gasteiger partial charge is 0.310 e. The first-order valence-electron chi connectivity index (χ1n) is 6.97. The molecule has 2 rings (SSSR count). The van der Waals surface area contributed by atoms with Gasteiger partial charge < -0.3 is 4.74 Å². The molecule has 1 aliphatic rings. The van der Waals surface area contributed by atoms with Crippen LogP contribution < -0.4 is 0 Å². The molecule has 122 valence electrons. The van der Waals surface area contributed by atoms with Crippen molar-refractivity contribution in [3.63, 3.8) is 0 Å². The molecule has 1 unspecified atom stereocenters. The topological polar surface area (TPSA) is 63.7 Å². The van der Waals surface area contributed by atoms with Crippen molar-refractivity contribution >= 4 is 39.2 Å². The van der Waals surface area contributed by atoms with Gasteiger partial charge in [0.05, 0.1) is 17.4 Å². The van der Waals surface area contributed by atoms with Crippen molar-refractivity contribution in [2.75, 3.05) is 19.7 Å². The van der Waals surface area contributed by atoms with Gasteiger partial charge in [-0.1, -0.05) is 23.2 Å². The fraction of sp³-hybridized carbons (Fsp3) is 0.500. The Morgan fingerprint density at radius 3 is 2.55 bits per heavy atom. The minimum absolute atomic E-state index is 0.0366. The van der Waals surface area contributed by atoms with Gasteiger partial charge in [-0.15, -0.1) is 0 Å². The molecule has 0 N–H and O–H groups in total. The molecule has 22 heavy (non-hydrogen) atoms. The van der Waals surface area contributed by atoms with Crippen molar-refractivity contribution in [3.8, 4) is 0 Å². The van der Waals surface area contributed by atoms with Crippen molar-refractivity contribution in [2.24, 2.45) is 5.92 Å². The van der Waals surface area contributed by atoms with E-state index < -0.39 is 15.9 Å². The van der Waals surface area contributed by atoms with Crippen molar-refractivity contribution < 1.29 is 17.9 Å². The molecule has 0 aliphatic carbocycles. The quantitative estimate of drug-likeness (QED) is 0.769. The maximum absolute atomic E-state index is 12.7. The molecular weight excluding hydrogens is 349 g/mol. The average molecular weight is 366 g/mol. The van der Waals surface area contributed by atoms with E-state index >= 15 is 0 Å². The zero-order valence-corrected chi connectivity index (χ0v) is 14.4. The lowest BCUT2D eigenvalue weighted by Gasteiger charge is -2.30. The number of hydrogen-bond acceptors (Lipinski definition) is 4. The zero-order chi connectivity index (χ0) is 16.3. The first-order valence-corrected chi connectivity index (χ1v) is 9.17.